The first-order chi connectivity index (χ1) is 4.91. The molecule has 0 unspecified atom stereocenters. The van der Waals surface area contributed by atoms with Crippen molar-refractivity contribution in [2.45, 2.75) is 0 Å². The van der Waals surface area contributed by atoms with Crippen LogP contribution in [0.1, 0.15) is 0 Å². The van der Waals surface area contributed by atoms with Gasteiger partial charge in [0, 0.05) is 32.2 Å². The summed E-state index contributed by atoms with van der Waals surface area (Å²) in [5.41, 5.74) is 15.9. The van der Waals surface area contributed by atoms with Crippen LogP contribution in [0, 0.1) is 0 Å². The molecule has 0 fully saturated rings. The Labute approximate surface area is 60.8 Å². The molecular weight excluding hydrogens is 130 g/mol. The Balaban J connectivity index is 2.77. The first-order valence-electron chi connectivity index (χ1n) is 3.17. The topological polar surface area (TPSA) is 88.1 Å². The van der Waals surface area contributed by atoms with Crippen molar-refractivity contribution in [1.82, 2.24) is 16.2 Å². The summed E-state index contributed by atoms with van der Waals surface area (Å²) < 4.78 is 0. The molecule has 0 aromatic carbocycles. The van der Waals surface area contributed by atoms with Gasteiger partial charge in [0.15, 0.2) is 0 Å². The third kappa shape index (κ3) is 7.22. The summed E-state index contributed by atoms with van der Waals surface area (Å²) in [4.78, 5) is 0. The Kier molecular flexibility index (Phi) is 7.58. The maximum atomic E-state index is 5.18. The molecule has 0 bridgehead atoms. The minimum absolute atomic E-state index is 0.508. The van der Waals surface area contributed by atoms with Crippen molar-refractivity contribution in [3.8, 4) is 0 Å². The molecule has 0 aliphatic heterocycles. The van der Waals surface area contributed by atoms with E-state index in [2.05, 4.69) is 16.2 Å². The van der Waals surface area contributed by atoms with Gasteiger partial charge >= 0.3 is 0 Å². The van der Waals surface area contributed by atoms with Gasteiger partial charge in [-0.25, -0.2) is 5.43 Å². The Morgan fingerprint density at radius 2 is 2.10 bits per heavy atom. The van der Waals surface area contributed by atoms with Crippen LogP contribution in [0.5, 0.6) is 0 Å². The lowest BCUT2D eigenvalue weighted by Gasteiger charge is -2.02. The highest BCUT2D eigenvalue weighted by Gasteiger charge is 1.79. The lowest BCUT2D eigenvalue weighted by atomic mass is 10.6. The molecule has 0 spiro atoms. The monoisotopic (exact) mass is 145 g/mol. The molecule has 0 aliphatic carbocycles. The van der Waals surface area contributed by atoms with Crippen molar-refractivity contribution >= 4 is 0 Å². The van der Waals surface area contributed by atoms with Crippen LogP contribution in [0.4, 0.5) is 0 Å². The van der Waals surface area contributed by atoms with E-state index in [4.69, 9.17) is 11.5 Å². The molecule has 5 heteroatoms. The van der Waals surface area contributed by atoms with E-state index in [0.717, 1.165) is 13.1 Å². The third-order valence-corrected chi connectivity index (χ3v) is 0.853. The zero-order valence-electron chi connectivity index (χ0n) is 5.93. The van der Waals surface area contributed by atoms with Gasteiger partial charge in [-0.3, -0.25) is 0 Å². The predicted molar refractivity (Wildman–Crippen MR) is 41.5 cm³/mol. The molecule has 5 nitrogen and oxygen atoms in total. The molecular formula is C5H15N5. The van der Waals surface area contributed by atoms with Crippen molar-refractivity contribution in [2.75, 3.05) is 19.8 Å². The van der Waals surface area contributed by atoms with Crippen molar-refractivity contribution in [3.63, 3.8) is 0 Å². The average Bonchev–Trinajstić information content (AvgIpc) is 1.97. The van der Waals surface area contributed by atoms with E-state index in [1.165, 1.54) is 6.20 Å². The van der Waals surface area contributed by atoms with Crippen LogP contribution in [0.15, 0.2) is 12.4 Å². The minimum atomic E-state index is 0.508. The first kappa shape index (κ1) is 9.22. The summed E-state index contributed by atoms with van der Waals surface area (Å²) in [6.45, 7) is 2.15. The summed E-state index contributed by atoms with van der Waals surface area (Å²) in [6, 6.07) is 0. The quantitative estimate of drug-likeness (QED) is 0.170. The zero-order chi connectivity index (χ0) is 7.66. The van der Waals surface area contributed by atoms with Crippen LogP contribution in [-0.4, -0.2) is 19.8 Å². The molecule has 0 radical (unpaired) electrons. The van der Waals surface area contributed by atoms with E-state index in [9.17, 15) is 0 Å². The first-order valence-corrected chi connectivity index (χ1v) is 3.17. The van der Waals surface area contributed by atoms with Gasteiger partial charge in [-0.15, -0.1) is 0 Å². The summed E-state index contributed by atoms with van der Waals surface area (Å²) in [6.07, 6.45) is 3.03. The van der Waals surface area contributed by atoms with Gasteiger partial charge in [0.05, 0.1) is 0 Å². The Hall–Kier alpha value is -0.780. The molecule has 0 saturated carbocycles. The highest BCUT2D eigenvalue weighted by molar-refractivity contribution is 4.69. The lowest BCUT2D eigenvalue weighted by Crippen LogP contribution is -2.36. The Bertz CT molecular complexity index is 82.1. The third-order valence-electron chi connectivity index (χ3n) is 0.853. The fourth-order valence-electron chi connectivity index (χ4n) is 0.432. The summed E-state index contributed by atoms with van der Waals surface area (Å²) >= 11 is 0. The van der Waals surface area contributed by atoms with E-state index in [0.29, 0.717) is 6.67 Å². The predicted octanol–water partition coefficient (Wildman–Crippen LogP) is -1.98. The van der Waals surface area contributed by atoms with E-state index < -0.39 is 0 Å². The summed E-state index contributed by atoms with van der Waals surface area (Å²) in [5, 5.41) is 2.95. The van der Waals surface area contributed by atoms with Crippen molar-refractivity contribution in [3.05, 3.63) is 12.4 Å². The summed E-state index contributed by atoms with van der Waals surface area (Å²) in [7, 11) is 0. The fourth-order valence-corrected chi connectivity index (χ4v) is 0.432. The van der Waals surface area contributed by atoms with Crippen LogP contribution >= 0.6 is 0 Å². The molecule has 10 heavy (non-hydrogen) atoms. The van der Waals surface area contributed by atoms with Gasteiger partial charge in [-0.2, -0.15) is 0 Å². The van der Waals surface area contributed by atoms with Crippen LogP contribution in [0.3, 0.4) is 0 Å². The molecule has 0 aliphatic rings. The van der Waals surface area contributed by atoms with E-state index in [1.54, 1.807) is 6.20 Å². The number of hydrogen-bond donors (Lipinski definition) is 5. The number of hydrogen-bond acceptors (Lipinski definition) is 5. The standard InChI is InChI=1S/C5H15N5/c6-1-2-9-10-4-3-8-5-7/h1-2,8-10H,3-7H2/b2-1-. The van der Waals surface area contributed by atoms with Crippen LogP contribution < -0.4 is 27.6 Å². The number of rotatable bonds is 6. The molecule has 0 aromatic heterocycles. The van der Waals surface area contributed by atoms with Gasteiger partial charge < -0.3 is 22.2 Å². The van der Waals surface area contributed by atoms with Gasteiger partial charge in [-0.05, 0) is 0 Å². The Morgan fingerprint density at radius 1 is 1.30 bits per heavy atom. The van der Waals surface area contributed by atoms with Gasteiger partial charge in [0.25, 0.3) is 0 Å². The van der Waals surface area contributed by atoms with Gasteiger partial charge in [0.2, 0.25) is 0 Å². The SMILES string of the molecule is N/C=C\NNCCNCN. The molecule has 0 aromatic rings. The normalized spacial score (nSPS) is 10.5. The summed E-state index contributed by atoms with van der Waals surface area (Å²) in [5.74, 6) is 0. The van der Waals surface area contributed by atoms with E-state index in [-0.39, 0.29) is 0 Å². The highest BCUT2D eigenvalue weighted by Crippen LogP contribution is 1.53. The van der Waals surface area contributed by atoms with Gasteiger partial charge in [-0.1, -0.05) is 0 Å². The zero-order valence-corrected chi connectivity index (χ0v) is 5.93. The van der Waals surface area contributed by atoms with E-state index in [1.807, 2.05) is 0 Å². The molecule has 0 amide bonds. The van der Waals surface area contributed by atoms with Crippen LogP contribution in [0.25, 0.3) is 0 Å². The number of hydrazine groups is 1. The van der Waals surface area contributed by atoms with Crippen molar-refractivity contribution in [1.29, 1.82) is 0 Å². The van der Waals surface area contributed by atoms with E-state index >= 15 is 0 Å². The van der Waals surface area contributed by atoms with Crippen molar-refractivity contribution < 1.29 is 0 Å². The van der Waals surface area contributed by atoms with Crippen LogP contribution in [-0.2, 0) is 0 Å². The number of nitrogens with two attached hydrogens (primary N) is 2. The maximum absolute atomic E-state index is 5.18. The maximum Gasteiger partial charge on any atom is 0.0429 e. The van der Waals surface area contributed by atoms with Crippen LogP contribution in [0.2, 0.25) is 0 Å². The van der Waals surface area contributed by atoms with Crippen molar-refractivity contribution in [2.24, 2.45) is 11.5 Å². The lowest BCUT2D eigenvalue weighted by molar-refractivity contribution is 0.581. The second-order valence-corrected chi connectivity index (χ2v) is 1.63. The average molecular weight is 145 g/mol. The molecule has 7 N–H and O–H groups in total. The molecule has 0 saturated heterocycles. The second-order valence-electron chi connectivity index (χ2n) is 1.63. The smallest absolute Gasteiger partial charge is 0.0429 e. The largest absolute Gasteiger partial charge is 0.403 e. The van der Waals surface area contributed by atoms with Gasteiger partial charge in [0.1, 0.15) is 0 Å². The number of nitrogens with one attached hydrogen (secondary N) is 3. The molecule has 60 valence electrons. The second kappa shape index (κ2) is 8.22. The molecule has 0 atom stereocenters. The molecule has 0 rings (SSSR count). The minimum Gasteiger partial charge on any atom is -0.403 e. The fraction of sp³-hybridized carbons (Fsp3) is 0.600. The Morgan fingerprint density at radius 3 is 2.70 bits per heavy atom. The highest BCUT2D eigenvalue weighted by atomic mass is 15.3. The molecule has 0 heterocycles.